The summed E-state index contributed by atoms with van der Waals surface area (Å²) >= 11 is 0. The minimum absolute atomic E-state index is 0. The van der Waals surface area contributed by atoms with Gasteiger partial charge in [0.1, 0.15) is 0 Å². The van der Waals surface area contributed by atoms with E-state index in [0.29, 0.717) is 6.42 Å². The second kappa shape index (κ2) is 9.86. The van der Waals surface area contributed by atoms with Crippen LogP contribution in [-0.4, -0.2) is 18.5 Å². The summed E-state index contributed by atoms with van der Waals surface area (Å²) in [5.41, 5.74) is 7.09. The van der Waals surface area contributed by atoms with E-state index in [1.165, 1.54) is 25.7 Å². The molecule has 124 valence electrons. The Morgan fingerprint density at radius 3 is 2.73 bits per heavy atom. The average Bonchev–Trinajstić information content (AvgIpc) is 2.48. The van der Waals surface area contributed by atoms with Crippen molar-refractivity contribution < 1.29 is 4.79 Å². The SMILES string of the molecule is CC1CCCC(CCNC(=O)C(N)Cc2ccccc2)C1.Cl. The standard InChI is InChI=1S/C18H28N2O.ClH/c1-14-6-5-9-16(12-14)10-11-20-18(21)17(19)13-15-7-3-2-4-8-15;/h2-4,7-8,14,16-17H,5-6,9-13,19H2,1H3,(H,20,21);1H. The first kappa shape index (κ1) is 19.0. The molecule has 0 radical (unpaired) electrons. The molecule has 0 saturated heterocycles. The van der Waals surface area contributed by atoms with Gasteiger partial charge in [0.15, 0.2) is 0 Å². The minimum atomic E-state index is -0.447. The lowest BCUT2D eigenvalue weighted by molar-refractivity contribution is -0.122. The van der Waals surface area contributed by atoms with Gasteiger partial charge in [0.05, 0.1) is 6.04 Å². The molecule has 3 unspecified atom stereocenters. The van der Waals surface area contributed by atoms with Gasteiger partial charge in [0.2, 0.25) is 5.91 Å². The minimum Gasteiger partial charge on any atom is -0.355 e. The van der Waals surface area contributed by atoms with Gasteiger partial charge < -0.3 is 11.1 Å². The van der Waals surface area contributed by atoms with Crippen LogP contribution < -0.4 is 11.1 Å². The summed E-state index contributed by atoms with van der Waals surface area (Å²) < 4.78 is 0. The monoisotopic (exact) mass is 324 g/mol. The van der Waals surface area contributed by atoms with Crippen molar-refractivity contribution in [2.45, 2.75) is 51.5 Å². The molecule has 0 aromatic heterocycles. The highest BCUT2D eigenvalue weighted by Gasteiger charge is 2.19. The highest BCUT2D eigenvalue weighted by atomic mass is 35.5. The normalized spacial score (nSPS) is 22.5. The van der Waals surface area contributed by atoms with E-state index in [1.54, 1.807) is 0 Å². The lowest BCUT2D eigenvalue weighted by Crippen LogP contribution is -2.42. The Morgan fingerprint density at radius 1 is 1.32 bits per heavy atom. The number of carbonyl (C=O) groups is 1. The summed E-state index contributed by atoms with van der Waals surface area (Å²) in [6.45, 7) is 3.10. The predicted molar refractivity (Wildman–Crippen MR) is 94.1 cm³/mol. The molecule has 1 saturated carbocycles. The Labute approximate surface area is 140 Å². The number of nitrogens with two attached hydrogens (primary N) is 1. The molecule has 2 rings (SSSR count). The maximum atomic E-state index is 12.0. The van der Waals surface area contributed by atoms with E-state index in [9.17, 15) is 4.79 Å². The van der Waals surface area contributed by atoms with Crippen LogP contribution in [0.4, 0.5) is 0 Å². The molecule has 1 fully saturated rings. The van der Waals surface area contributed by atoms with Crippen LogP contribution in [-0.2, 0) is 11.2 Å². The molecule has 4 heteroatoms. The second-order valence-corrected chi connectivity index (χ2v) is 6.51. The lowest BCUT2D eigenvalue weighted by atomic mass is 9.81. The molecule has 0 aliphatic heterocycles. The first-order valence-electron chi connectivity index (χ1n) is 8.22. The molecule has 3 N–H and O–H groups in total. The third-order valence-electron chi connectivity index (χ3n) is 4.53. The fraction of sp³-hybridized carbons (Fsp3) is 0.611. The van der Waals surface area contributed by atoms with E-state index in [2.05, 4.69) is 12.2 Å². The largest absolute Gasteiger partial charge is 0.355 e. The Kier molecular flexibility index (Phi) is 8.51. The molecule has 0 bridgehead atoms. The Balaban J connectivity index is 0.00000242. The second-order valence-electron chi connectivity index (χ2n) is 6.51. The summed E-state index contributed by atoms with van der Waals surface area (Å²) in [7, 11) is 0. The number of benzene rings is 1. The third-order valence-corrected chi connectivity index (χ3v) is 4.53. The van der Waals surface area contributed by atoms with Crippen molar-refractivity contribution in [2.75, 3.05) is 6.54 Å². The van der Waals surface area contributed by atoms with Crippen molar-refractivity contribution in [3.8, 4) is 0 Å². The van der Waals surface area contributed by atoms with E-state index >= 15 is 0 Å². The molecule has 3 atom stereocenters. The van der Waals surface area contributed by atoms with Crippen molar-refractivity contribution in [2.24, 2.45) is 17.6 Å². The van der Waals surface area contributed by atoms with Crippen LogP contribution in [0.1, 0.15) is 44.6 Å². The van der Waals surface area contributed by atoms with Crippen molar-refractivity contribution >= 4 is 18.3 Å². The van der Waals surface area contributed by atoms with Gasteiger partial charge in [-0.3, -0.25) is 4.79 Å². The van der Waals surface area contributed by atoms with Crippen LogP contribution in [0.15, 0.2) is 30.3 Å². The van der Waals surface area contributed by atoms with E-state index < -0.39 is 6.04 Å². The number of halogens is 1. The van der Waals surface area contributed by atoms with Crippen molar-refractivity contribution in [1.29, 1.82) is 0 Å². The molecular formula is C18H29ClN2O. The summed E-state index contributed by atoms with van der Waals surface area (Å²) in [4.78, 5) is 12.0. The van der Waals surface area contributed by atoms with Crippen LogP contribution in [0, 0.1) is 11.8 Å². The fourth-order valence-corrected chi connectivity index (χ4v) is 3.31. The van der Waals surface area contributed by atoms with E-state index in [-0.39, 0.29) is 18.3 Å². The molecule has 22 heavy (non-hydrogen) atoms. The summed E-state index contributed by atoms with van der Waals surface area (Å²) in [6.07, 6.45) is 7.03. The zero-order chi connectivity index (χ0) is 15.1. The zero-order valence-electron chi connectivity index (χ0n) is 13.5. The molecule has 1 aliphatic rings. The summed E-state index contributed by atoms with van der Waals surface area (Å²) in [6, 6.07) is 9.50. The highest BCUT2D eigenvalue weighted by Crippen LogP contribution is 2.30. The zero-order valence-corrected chi connectivity index (χ0v) is 14.3. The van der Waals surface area contributed by atoms with Gasteiger partial charge in [-0.1, -0.05) is 56.5 Å². The molecule has 1 aliphatic carbocycles. The van der Waals surface area contributed by atoms with Crippen LogP contribution in [0.2, 0.25) is 0 Å². The summed E-state index contributed by atoms with van der Waals surface area (Å²) in [5.74, 6) is 1.60. The van der Waals surface area contributed by atoms with E-state index in [4.69, 9.17) is 5.73 Å². The number of hydrogen-bond acceptors (Lipinski definition) is 2. The number of nitrogens with one attached hydrogen (secondary N) is 1. The van der Waals surface area contributed by atoms with Gasteiger partial charge in [-0.05, 0) is 36.7 Å². The molecule has 3 nitrogen and oxygen atoms in total. The Hall–Kier alpha value is -1.06. The van der Waals surface area contributed by atoms with Gasteiger partial charge in [-0.25, -0.2) is 0 Å². The lowest BCUT2D eigenvalue weighted by Gasteiger charge is -2.26. The van der Waals surface area contributed by atoms with Gasteiger partial charge in [0.25, 0.3) is 0 Å². The molecule has 0 heterocycles. The van der Waals surface area contributed by atoms with Crippen molar-refractivity contribution in [3.05, 3.63) is 35.9 Å². The first-order valence-corrected chi connectivity index (χ1v) is 8.22. The molecule has 1 amide bonds. The Morgan fingerprint density at radius 2 is 2.05 bits per heavy atom. The van der Waals surface area contributed by atoms with Gasteiger partial charge >= 0.3 is 0 Å². The number of hydrogen-bond donors (Lipinski definition) is 2. The van der Waals surface area contributed by atoms with Gasteiger partial charge in [-0.15, -0.1) is 12.4 Å². The Bertz CT molecular complexity index is 438. The van der Waals surface area contributed by atoms with Crippen LogP contribution >= 0.6 is 12.4 Å². The number of amides is 1. The maximum absolute atomic E-state index is 12.0. The van der Waals surface area contributed by atoms with Crippen LogP contribution in [0.3, 0.4) is 0 Å². The van der Waals surface area contributed by atoms with E-state index in [1.807, 2.05) is 30.3 Å². The summed E-state index contributed by atoms with van der Waals surface area (Å²) in [5, 5.41) is 3.00. The molecule has 1 aromatic rings. The molecule has 0 spiro atoms. The van der Waals surface area contributed by atoms with Crippen molar-refractivity contribution in [1.82, 2.24) is 5.32 Å². The smallest absolute Gasteiger partial charge is 0.237 e. The highest BCUT2D eigenvalue weighted by molar-refractivity contribution is 5.85. The topological polar surface area (TPSA) is 55.1 Å². The van der Waals surface area contributed by atoms with Gasteiger partial charge in [0, 0.05) is 6.54 Å². The van der Waals surface area contributed by atoms with Crippen LogP contribution in [0.25, 0.3) is 0 Å². The fourth-order valence-electron chi connectivity index (χ4n) is 3.31. The third kappa shape index (κ3) is 6.37. The molecular weight excluding hydrogens is 296 g/mol. The van der Waals surface area contributed by atoms with E-state index in [0.717, 1.165) is 30.4 Å². The maximum Gasteiger partial charge on any atom is 0.237 e. The van der Waals surface area contributed by atoms with Crippen LogP contribution in [0.5, 0.6) is 0 Å². The number of rotatable bonds is 6. The predicted octanol–water partition coefficient (Wildman–Crippen LogP) is 3.31. The molecule has 1 aromatic carbocycles. The van der Waals surface area contributed by atoms with Crippen molar-refractivity contribution in [3.63, 3.8) is 0 Å². The first-order chi connectivity index (χ1) is 10.1. The average molecular weight is 325 g/mol. The number of carbonyl (C=O) groups excluding carboxylic acids is 1. The quantitative estimate of drug-likeness (QED) is 0.843. The van der Waals surface area contributed by atoms with Gasteiger partial charge in [-0.2, -0.15) is 0 Å².